The normalized spacial score (nSPS) is 13.8. The topological polar surface area (TPSA) is 23.5 Å². The van der Waals surface area contributed by atoms with Gasteiger partial charge in [-0.2, -0.15) is 13.2 Å². The first-order valence-electron chi connectivity index (χ1n) is 6.46. The molecule has 1 aromatic carbocycles. The van der Waals surface area contributed by atoms with E-state index in [-0.39, 0.29) is 5.56 Å². The fourth-order valence-electron chi connectivity index (χ4n) is 2.05. The second-order valence-corrected chi connectivity index (χ2v) is 4.42. The maximum absolute atomic E-state index is 12.8. The second-order valence-electron chi connectivity index (χ2n) is 4.42. The van der Waals surface area contributed by atoms with E-state index in [1.165, 1.54) is 18.2 Å². The molecule has 108 valence electrons. The highest BCUT2D eigenvalue weighted by Crippen LogP contribution is 2.35. The zero-order valence-electron chi connectivity index (χ0n) is 11.2. The van der Waals surface area contributed by atoms with E-state index < -0.39 is 17.8 Å². The summed E-state index contributed by atoms with van der Waals surface area (Å²) in [5, 5.41) is 9.98. The maximum atomic E-state index is 12.8. The molecule has 1 aromatic rings. The first-order chi connectivity index (χ1) is 8.90. The molecule has 1 atom stereocenters. The molecule has 0 bridgehead atoms. The third-order valence-electron chi connectivity index (χ3n) is 3.24. The molecule has 5 heteroatoms. The molecule has 0 saturated heterocycles. The van der Waals surface area contributed by atoms with Crippen molar-refractivity contribution >= 4 is 0 Å². The van der Waals surface area contributed by atoms with Crippen molar-refractivity contribution < 1.29 is 18.3 Å². The summed E-state index contributed by atoms with van der Waals surface area (Å²) in [5.74, 6) is 0. The summed E-state index contributed by atoms with van der Waals surface area (Å²) >= 11 is 0. The van der Waals surface area contributed by atoms with Crippen LogP contribution in [0.4, 0.5) is 13.2 Å². The van der Waals surface area contributed by atoms with Crippen LogP contribution in [-0.4, -0.2) is 29.6 Å². The molecule has 19 heavy (non-hydrogen) atoms. The summed E-state index contributed by atoms with van der Waals surface area (Å²) in [6.07, 6.45) is -5.21. The van der Waals surface area contributed by atoms with Crippen molar-refractivity contribution in [1.82, 2.24) is 4.90 Å². The first kappa shape index (κ1) is 16.0. The Hall–Kier alpha value is -1.07. The summed E-state index contributed by atoms with van der Waals surface area (Å²) in [6, 6.07) is 5.21. The Morgan fingerprint density at radius 1 is 1.16 bits per heavy atom. The number of nitrogens with zero attached hydrogens (tertiary/aromatic N) is 1. The second kappa shape index (κ2) is 6.91. The fourth-order valence-corrected chi connectivity index (χ4v) is 2.05. The minimum absolute atomic E-state index is 0.0397. The average molecular weight is 275 g/mol. The standard InChI is InChI=1S/C14H20F3NO/c1-3-18(4-2)10-9-13(19)11-7-5-6-8-12(11)14(15,16)17/h5-8,13,19H,3-4,9-10H2,1-2H3. The van der Waals surface area contributed by atoms with Gasteiger partial charge in [0.05, 0.1) is 11.7 Å². The molecule has 1 rings (SSSR count). The van der Waals surface area contributed by atoms with Crippen LogP contribution in [0.25, 0.3) is 0 Å². The van der Waals surface area contributed by atoms with Crippen molar-refractivity contribution in [2.75, 3.05) is 19.6 Å². The van der Waals surface area contributed by atoms with E-state index in [1.54, 1.807) is 0 Å². The molecule has 0 aromatic heterocycles. The van der Waals surface area contributed by atoms with Gasteiger partial charge in [-0.1, -0.05) is 32.0 Å². The molecule has 0 amide bonds. The SMILES string of the molecule is CCN(CC)CCC(O)c1ccccc1C(F)(F)F. The van der Waals surface area contributed by atoms with Gasteiger partial charge in [-0.25, -0.2) is 0 Å². The van der Waals surface area contributed by atoms with Crippen LogP contribution in [-0.2, 0) is 6.18 Å². The van der Waals surface area contributed by atoms with Crippen LogP contribution in [0.2, 0.25) is 0 Å². The molecule has 0 radical (unpaired) electrons. The molecule has 0 heterocycles. The summed E-state index contributed by atoms with van der Waals surface area (Å²) in [7, 11) is 0. The molecular formula is C14H20F3NO. The van der Waals surface area contributed by atoms with Crippen LogP contribution in [0.3, 0.4) is 0 Å². The minimum Gasteiger partial charge on any atom is -0.388 e. The van der Waals surface area contributed by atoms with Crippen LogP contribution >= 0.6 is 0 Å². The van der Waals surface area contributed by atoms with E-state index in [4.69, 9.17) is 0 Å². The minimum atomic E-state index is -4.42. The van der Waals surface area contributed by atoms with E-state index in [9.17, 15) is 18.3 Å². The Morgan fingerprint density at radius 2 is 1.74 bits per heavy atom. The van der Waals surface area contributed by atoms with Crippen molar-refractivity contribution in [3.05, 3.63) is 35.4 Å². The van der Waals surface area contributed by atoms with Gasteiger partial charge in [-0.3, -0.25) is 0 Å². The summed E-state index contributed by atoms with van der Waals surface area (Å²) in [4.78, 5) is 2.07. The fraction of sp³-hybridized carbons (Fsp3) is 0.571. The Labute approximate surface area is 111 Å². The summed E-state index contributed by atoms with van der Waals surface area (Å²) in [5.41, 5.74) is -0.788. The van der Waals surface area contributed by atoms with E-state index in [2.05, 4.69) is 4.90 Å². The zero-order chi connectivity index (χ0) is 14.5. The Kier molecular flexibility index (Phi) is 5.82. The van der Waals surface area contributed by atoms with Gasteiger partial charge >= 0.3 is 6.18 Å². The molecule has 0 aliphatic heterocycles. The van der Waals surface area contributed by atoms with Crippen molar-refractivity contribution in [3.8, 4) is 0 Å². The lowest BCUT2D eigenvalue weighted by Gasteiger charge is -2.22. The highest BCUT2D eigenvalue weighted by molar-refractivity contribution is 5.31. The van der Waals surface area contributed by atoms with Gasteiger partial charge in [0, 0.05) is 6.54 Å². The van der Waals surface area contributed by atoms with Crippen LogP contribution in [0, 0.1) is 0 Å². The van der Waals surface area contributed by atoms with Crippen LogP contribution in [0.15, 0.2) is 24.3 Å². The molecule has 0 saturated carbocycles. The molecule has 1 N–H and O–H groups in total. The first-order valence-corrected chi connectivity index (χ1v) is 6.46. The predicted molar refractivity (Wildman–Crippen MR) is 68.8 cm³/mol. The number of aliphatic hydroxyl groups is 1. The third kappa shape index (κ3) is 4.51. The van der Waals surface area contributed by atoms with Gasteiger partial charge in [0.15, 0.2) is 0 Å². The van der Waals surface area contributed by atoms with Gasteiger partial charge in [0.2, 0.25) is 0 Å². The lowest BCUT2D eigenvalue weighted by molar-refractivity contribution is -0.139. The smallest absolute Gasteiger partial charge is 0.388 e. The van der Waals surface area contributed by atoms with Crippen molar-refractivity contribution in [1.29, 1.82) is 0 Å². The number of aliphatic hydroxyl groups excluding tert-OH is 1. The van der Waals surface area contributed by atoms with Crippen molar-refractivity contribution in [2.24, 2.45) is 0 Å². The summed E-state index contributed by atoms with van der Waals surface area (Å²) in [6.45, 7) is 6.20. The highest BCUT2D eigenvalue weighted by atomic mass is 19.4. The van der Waals surface area contributed by atoms with E-state index in [0.29, 0.717) is 13.0 Å². The van der Waals surface area contributed by atoms with Crippen LogP contribution < -0.4 is 0 Å². The largest absolute Gasteiger partial charge is 0.416 e. The third-order valence-corrected chi connectivity index (χ3v) is 3.24. The maximum Gasteiger partial charge on any atom is 0.416 e. The monoisotopic (exact) mass is 275 g/mol. The van der Waals surface area contributed by atoms with Crippen LogP contribution in [0.5, 0.6) is 0 Å². The molecule has 0 aliphatic rings. The van der Waals surface area contributed by atoms with Gasteiger partial charge in [-0.15, -0.1) is 0 Å². The van der Waals surface area contributed by atoms with E-state index in [1.807, 2.05) is 13.8 Å². The molecule has 0 spiro atoms. The lowest BCUT2D eigenvalue weighted by Crippen LogP contribution is -2.25. The van der Waals surface area contributed by atoms with E-state index >= 15 is 0 Å². The molecule has 2 nitrogen and oxygen atoms in total. The van der Waals surface area contributed by atoms with Gasteiger partial charge in [-0.05, 0) is 31.1 Å². The predicted octanol–water partition coefficient (Wildman–Crippen LogP) is 3.47. The number of rotatable bonds is 6. The molecule has 1 unspecified atom stereocenters. The lowest BCUT2D eigenvalue weighted by atomic mass is 9.99. The van der Waals surface area contributed by atoms with Crippen molar-refractivity contribution in [3.63, 3.8) is 0 Å². The quantitative estimate of drug-likeness (QED) is 0.859. The zero-order valence-corrected chi connectivity index (χ0v) is 11.2. The molecular weight excluding hydrogens is 255 g/mol. The van der Waals surface area contributed by atoms with Gasteiger partial charge in [0.25, 0.3) is 0 Å². The Balaban J connectivity index is 2.80. The Bertz CT molecular complexity index is 389. The molecule has 0 fully saturated rings. The number of halogens is 3. The Morgan fingerprint density at radius 3 is 2.26 bits per heavy atom. The number of hydrogen-bond acceptors (Lipinski definition) is 2. The van der Waals surface area contributed by atoms with E-state index in [0.717, 1.165) is 19.2 Å². The molecule has 0 aliphatic carbocycles. The number of hydrogen-bond donors (Lipinski definition) is 1. The number of alkyl halides is 3. The highest BCUT2D eigenvalue weighted by Gasteiger charge is 2.34. The van der Waals surface area contributed by atoms with Crippen molar-refractivity contribution in [2.45, 2.75) is 32.5 Å². The number of benzene rings is 1. The van der Waals surface area contributed by atoms with Gasteiger partial charge in [0.1, 0.15) is 0 Å². The van der Waals surface area contributed by atoms with Crippen LogP contribution in [0.1, 0.15) is 37.5 Å². The van der Waals surface area contributed by atoms with Gasteiger partial charge < -0.3 is 10.0 Å². The average Bonchev–Trinajstić information content (AvgIpc) is 2.38. The summed E-state index contributed by atoms with van der Waals surface area (Å²) < 4.78 is 38.5.